The smallest absolute Gasteiger partial charge is 0.276 e. The quantitative estimate of drug-likeness (QED) is 0.484. The third-order valence-electron chi connectivity index (χ3n) is 2.57. The lowest BCUT2D eigenvalue weighted by Crippen LogP contribution is -2.13. The number of carbonyl (C=O) groups is 1. The van der Waals surface area contributed by atoms with Gasteiger partial charge in [-0.1, -0.05) is 11.8 Å². The van der Waals surface area contributed by atoms with E-state index in [1.54, 1.807) is 6.92 Å². The highest BCUT2D eigenvalue weighted by Crippen LogP contribution is 2.20. The largest absolute Gasteiger partial charge is 0.416 e. The van der Waals surface area contributed by atoms with E-state index in [0.29, 0.717) is 35.4 Å². The lowest BCUT2D eigenvalue weighted by atomic mass is 10.2. The van der Waals surface area contributed by atoms with Crippen molar-refractivity contribution in [3.05, 3.63) is 29.9 Å². The van der Waals surface area contributed by atoms with Crippen molar-refractivity contribution in [2.75, 3.05) is 16.8 Å². The fourth-order valence-corrected chi connectivity index (χ4v) is 2.33. The number of hydrogen-bond acceptors (Lipinski definition) is 6. The molecule has 2 rings (SSSR count). The first-order valence-electron chi connectivity index (χ1n) is 6.32. The summed E-state index contributed by atoms with van der Waals surface area (Å²) in [6.07, 6.45) is 0.982. The first kappa shape index (κ1) is 15.3. The van der Waals surface area contributed by atoms with Crippen molar-refractivity contribution in [2.24, 2.45) is 0 Å². The van der Waals surface area contributed by atoms with Crippen LogP contribution in [0.1, 0.15) is 18.7 Å². The first-order valence-corrected chi connectivity index (χ1v) is 7.31. The van der Waals surface area contributed by atoms with Crippen molar-refractivity contribution in [1.29, 1.82) is 0 Å². The van der Waals surface area contributed by atoms with Gasteiger partial charge in [0.2, 0.25) is 11.8 Å². The summed E-state index contributed by atoms with van der Waals surface area (Å²) in [4.78, 5) is 11.7. The molecule has 0 saturated carbocycles. The minimum absolute atomic E-state index is 0.171. The Bertz CT molecular complexity index is 632. The third-order valence-corrected chi connectivity index (χ3v) is 3.47. The van der Waals surface area contributed by atoms with E-state index in [0.717, 1.165) is 0 Å². The minimum atomic E-state index is -0.434. The number of carbonyl (C=O) groups excluding carboxylic acids is 1. The van der Waals surface area contributed by atoms with Crippen LogP contribution >= 0.6 is 11.8 Å². The summed E-state index contributed by atoms with van der Waals surface area (Å²) in [7, 11) is 0. The van der Waals surface area contributed by atoms with Crippen LogP contribution in [0.3, 0.4) is 0 Å². The van der Waals surface area contributed by atoms with Crippen LogP contribution in [-0.2, 0) is 4.79 Å². The molecular weight excluding hydrogens is 295 g/mol. The number of amides is 1. The monoisotopic (exact) mass is 310 g/mol. The second kappa shape index (κ2) is 7.07. The van der Waals surface area contributed by atoms with Gasteiger partial charge in [0.25, 0.3) is 5.22 Å². The fraction of sp³-hybridized carbons (Fsp3) is 0.308. The number of thioether (sulfide) groups is 1. The first-order chi connectivity index (χ1) is 10.0. The van der Waals surface area contributed by atoms with Crippen LogP contribution in [0, 0.1) is 12.7 Å². The Hall–Kier alpha value is -2.09. The molecule has 1 aromatic carbocycles. The number of hydrogen-bond donors (Lipinski definition) is 2. The number of aromatic nitrogens is 2. The van der Waals surface area contributed by atoms with Gasteiger partial charge in [0.1, 0.15) is 5.82 Å². The molecule has 0 fully saturated rings. The summed E-state index contributed by atoms with van der Waals surface area (Å²) in [5, 5.41) is 10.7. The summed E-state index contributed by atoms with van der Waals surface area (Å²) in [5.41, 5.74) is 6.24. The Morgan fingerprint density at radius 1 is 1.48 bits per heavy atom. The van der Waals surface area contributed by atoms with Gasteiger partial charge in [-0.3, -0.25) is 4.79 Å². The minimum Gasteiger partial charge on any atom is -0.416 e. The summed E-state index contributed by atoms with van der Waals surface area (Å²) < 4.78 is 18.1. The zero-order valence-corrected chi connectivity index (χ0v) is 12.2. The zero-order chi connectivity index (χ0) is 15.2. The van der Waals surface area contributed by atoms with Gasteiger partial charge in [-0.05, 0) is 24.6 Å². The molecule has 3 N–H and O–H groups in total. The highest BCUT2D eigenvalue weighted by Gasteiger charge is 2.07. The van der Waals surface area contributed by atoms with Gasteiger partial charge in [-0.2, -0.15) is 0 Å². The fourth-order valence-electron chi connectivity index (χ4n) is 1.59. The Balaban J connectivity index is 1.72. The zero-order valence-electron chi connectivity index (χ0n) is 11.4. The number of benzene rings is 1. The van der Waals surface area contributed by atoms with Crippen LogP contribution in [0.4, 0.5) is 15.8 Å². The third kappa shape index (κ3) is 4.75. The van der Waals surface area contributed by atoms with E-state index >= 15 is 0 Å². The Morgan fingerprint density at radius 3 is 2.95 bits per heavy atom. The van der Waals surface area contributed by atoms with Crippen molar-refractivity contribution >= 4 is 29.0 Å². The van der Waals surface area contributed by atoms with Gasteiger partial charge >= 0.3 is 0 Å². The normalized spacial score (nSPS) is 10.6. The Labute approximate surface area is 125 Å². The van der Waals surface area contributed by atoms with E-state index in [2.05, 4.69) is 15.5 Å². The van der Waals surface area contributed by atoms with Crippen molar-refractivity contribution in [1.82, 2.24) is 10.2 Å². The molecule has 21 heavy (non-hydrogen) atoms. The summed E-state index contributed by atoms with van der Waals surface area (Å²) >= 11 is 1.40. The molecule has 0 bridgehead atoms. The van der Waals surface area contributed by atoms with Crippen LogP contribution in [-0.4, -0.2) is 21.9 Å². The van der Waals surface area contributed by atoms with Crippen molar-refractivity contribution < 1.29 is 13.6 Å². The van der Waals surface area contributed by atoms with Crippen molar-refractivity contribution in [2.45, 2.75) is 25.0 Å². The molecule has 0 radical (unpaired) electrons. The van der Waals surface area contributed by atoms with Gasteiger partial charge in [-0.25, -0.2) is 4.39 Å². The van der Waals surface area contributed by atoms with E-state index in [4.69, 9.17) is 10.2 Å². The number of anilines is 2. The maximum Gasteiger partial charge on any atom is 0.276 e. The van der Waals surface area contributed by atoms with Crippen molar-refractivity contribution in [3.8, 4) is 0 Å². The van der Waals surface area contributed by atoms with E-state index in [1.807, 2.05) is 0 Å². The molecule has 6 nitrogen and oxygen atoms in total. The molecule has 0 aliphatic carbocycles. The molecule has 0 unspecified atom stereocenters. The van der Waals surface area contributed by atoms with Crippen LogP contribution in [0.5, 0.6) is 0 Å². The molecule has 1 aromatic heterocycles. The number of rotatable bonds is 6. The molecule has 1 heterocycles. The Morgan fingerprint density at radius 2 is 2.29 bits per heavy atom. The van der Waals surface area contributed by atoms with Crippen LogP contribution in [0.15, 0.2) is 27.8 Å². The molecule has 0 saturated heterocycles. The second-order valence-electron chi connectivity index (χ2n) is 4.32. The number of nitrogens with one attached hydrogen (secondary N) is 1. The second-order valence-corrected chi connectivity index (χ2v) is 5.36. The molecule has 0 atom stereocenters. The number of halogens is 1. The molecule has 2 aromatic rings. The van der Waals surface area contributed by atoms with E-state index < -0.39 is 5.82 Å². The van der Waals surface area contributed by atoms with Gasteiger partial charge in [-0.15, -0.1) is 10.2 Å². The number of nitrogen functional groups attached to an aromatic ring is 1. The van der Waals surface area contributed by atoms with Crippen molar-refractivity contribution in [3.63, 3.8) is 0 Å². The standard InChI is InChI=1S/C13H15FN4O2S/c1-8-17-18-13(20-8)21-6-2-3-12(19)16-11-5-4-9(14)7-10(11)15/h4-5,7H,2-3,6,15H2,1H3,(H,16,19). The Kier molecular flexibility index (Phi) is 5.15. The predicted octanol–water partition coefficient (Wildman–Crippen LogP) is 2.61. The molecule has 0 spiro atoms. The molecule has 8 heteroatoms. The highest BCUT2D eigenvalue weighted by molar-refractivity contribution is 7.99. The van der Waals surface area contributed by atoms with Gasteiger partial charge in [0.05, 0.1) is 11.4 Å². The highest BCUT2D eigenvalue weighted by atomic mass is 32.2. The number of aryl methyl sites for hydroxylation is 1. The predicted molar refractivity (Wildman–Crippen MR) is 78.4 cm³/mol. The van der Waals surface area contributed by atoms with E-state index in [9.17, 15) is 9.18 Å². The average molecular weight is 310 g/mol. The molecule has 1 amide bonds. The van der Waals surface area contributed by atoms with E-state index in [-0.39, 0.29) is 11.6 Å². The summed E-state index contributed by atoms with van der Waals surface area (Å²) in [6, 6.07) is 3.86. The SMILES string of the molecule is Cc1nnc(SCCCC(=O)Nc2ccc(F)cc2N)o1. The lowest BCUT2D eigenvalue weighted by Gasteiger charge is -2.07. The molecule has 0 aliphatic rings. The topological polar surface area (TPSA) is 94.0 Å². The molecule has 0 aliphatic heterocycles. The van der Waals surface area contributed by atoms with Crippen LogP contribution in [0.25, 0.3) is 0 Å². The maximum atomic E-state index is 12.9. The summed E-state index contributed by atoms with van der Waals surface area (Å²) in [6.45, 7) is 1.72. The lowest BCUT2D eigenvalue weighted by molar-refractivity contribution is -0.116. The summed E-state index contributed by atoms with van der Waals surface area (Å²) in [5.74, 6) is 0.600. The van der Waals surface area contributed by atoms with Gasteiger partial charge in [0, 0.05) is 19.1 Å². The number of nitrogens with two attached hydrogens (primary N) is 1. The molecular formula is C13H15FN4O2S. The maximum absolute atomic E-state index is 12.9. The van der Waals surface area contributed by atoms with E-state index in [1.165, 1.54) is 30.0 Å². The van der Waals surface area contributed by atoms with Crippen LogP contribution < -0.4 is 11.1 Å². The van der Waals surface area contributed by atoms with Gasteiger partial charge in [0.15, 0.2) is 0 Å². The molecule has 112 valence electrons. The average Bonchev–Trinajstić information content (AvgIpc) is 2.84. The van der Waals surface area contributed by atoms with Gasteiger partial charge < -0.3 is 15.5 Å². The van der Waals surface area contributed by atoms with Crippen LogP contribution in [0.2, 0.25) is 0 Å². The number of nitrogens with zero attached hydrogens (tertiary/aromatic N) is 2.